The molecule has 0 aromatic carbocycles. The van der Waals surface area contributed by atoms with Crippen molar-refractivity contribution in [2.75, 3.05) is 6.54 Å². The summed E-state index contributed by atoms with van der Waals surface area (Å²) < 4.78 is 5.98. The molecule has 2 heteroatoms. The van der Waals surface area contributed by atoms with Crippen LogP contribution < -0.4 is 5.73 Å². The predicted octanol–water partition coefficient (Wildman–Crippen LogP) is 2.46. The molecular weight excluding hydrogens is 162 g/mol. The van der Waals surface area contributed by atoms with Gasteiger partial charge in [-0.15, -0.1) is 0 Å². The summed E-state index contributed by atoms with van der Waals surface area (Å²) >= 11 is 0. The first kappa shape index (κ1) is 11.0. The van der Waals surface area contributed by atoms with Crippen molar-refractivity contribution in [3.63, 3.8) is 0 Å². The van der Waals surface area contributed by atoms with Crippen LogP contribution in [0.15, 0.2) is 0 Å². The Morgan fingerprint density at radius 1 is 1.15 bits per heavy atom. The maximum atomic E-state index is 5.98. The fourth-order valence-electron chi connectivity index (χ4n) is 2.24. The lowest BCUT2D eigenvalue weighted by Crippen LogP contribution is -2.42. The van der Waals surface area contributed by atoms with Crippen LogP contribution in [0.3, 0.4) is 0 Å². The highest BCUT2D eigenvalue weighted by Crippen LogP contribution is 2.30. The van der Waals surface area contributed by atoms with Crippen molar-refractivity contribution < 1.29 is 4.74 Å². The number of ether oxygens (including phenoxy) is 1. The van der Waals surface area contributed by atoms with Gasteiger partial charge in [-0.05, 0) is 26.7 Å². The predicted molar refractivity (Wildman–Crippen MR) is 55.7 cm³/mol. The number of nitrogens with two attached hydrogens (primary N) is 1. The highest BCUT2D eigenvalue weighted by molar-refractivity contribution is 4.84. The molecule has 1 fully saturated rings. The van der Waals surface area contributed by atoms with Crippen LogP contribution in [-0.2, 0) is 4.74 Å². The lowest BCUT2D eigenvalue weighted by atomic mass is 9.94. The van der Waals surface area contributed by atoms with Crippen molar-refractivity contribution in [2.24, 2.45) is 5.73 Å². The Kier molecular flexibility index (Phi) is 4.20. The summed E-state index contributed by atoms with van der Waals surface area (Å²) in [6, 6.07) is 0. The summed E-state index contributed by atoms with van der Waals surface area (Å²) in [6.07, 6.45) is 7.88. The molecule has 0 bridgehead atoms. The summed E-state index contributed by atoms with van der Waals surface area (Å²) in [5.41, 5.74) is 5.84. The highest BCUT2D eigenvalue weighted by atomic mass is 16.5. The average molecular weight is 185 g/mol. The molecule has 1 aliphatic rings. The van der Waals surface area contributed by atoms with Gasteiger partial charge in [-0.25, -0.2) is 0 Å². The SMILES string of the molecule is CC(C)OC1(CN)CCCCCC1. The molecule has 0 aliphatic heterocycles. The van der Waals surface area contributed by atoms with Crippen molar-refractivity contribution in [1.29, 1.82) is 0 Å². The first-order valence-electron chi connectivity index (χ1n) is 5.56. The minimum Gasteiger partial charge on any atom is -0.371 e. The van der Waals surface area contributed by atoms with Crippen LogP contribution >= 0.6 is 0 Å². The highest BCUT2D eigenvalue weighted by Gasteiger charge is 2.30. The Balaban J connectivity index is 2.53. The Morgan fingerprint density at radius 3 is 2.08 bits per heavy atom. The molecule has 0 spiro atoms. The molecule has 0 saturated heterocycles. The van der Waals surface area contributed by atoms with E-state index in [4.69, 9.17) is 10.5 Å². The van der Waals surface area contributed by atoms with Crippen LogP contribution in [0.1, 0.15) is 52.4 Å². The molecule has 1 saturated carbocycles. The zero-order valence-electron chi connectivity index (χ0n) is 9.01. The van der Waals surface area contributed by atoms with Gasteiger partial charge in [0.05, 0.1) is 11.7 Å². The Bertz CT molecular complexity index is 137. The first-order valence-corrected chi connectivity index (χ1v) is 5.56. The van der Waals surface area contributed by atoms with E-state index in [-0.39, 0.29) is 5.60 Å². The molecule has 0 amide bonds. The molecule has 0 radical (unpaired) electrons. The average Bonchev–Trinajstić information content (AvgIpc) is 2.30. The van der Waals surface area contributed by atoms with Gasteiger partial charge in [0.25, 0.3) is 0 Å². The molecule has 0 unspecified atom stereocenters. The van der Waals surface area contributed by atoms with Crippen molar-refractivity contribution >= 4 is 0 Å². The standard InChI is InChI=1S/C11H23NO/c1-10(2)13-11(9-12)7-5-3-4-6-8-11/h10H,3-9,12H2,1-2H3. The summed E-state index contributed by atoms with van der Waals surface area (Å²) in [7, 11) is 0. The Hall–Kier alpha value is -0.0800. The second-order valence-electron chi connectivity index (χ2n) is 4.47. The first-order chi connectivity index (χ1) is 6.18. The normalized spacial score (nSPS) is 23.1. The minimum atomic E-state index is 0.00463. The van der Waals surface area contributed by atoms with E-state index in [0.29, 0.717) is 12.6 Å². The van der Waals surface area contributed by atoms with Crippen molar-refractivity contribution in [2.45, 2.75) is 64.1 Å². The van der Waals surface area contributed by atoms with Gasteiger partial charge in [0.2, 0.25) is 0 Å². The quantitative estimate of drug-likeness (QED) is 0.685. The third kappa shape index (κ3) is 3.28. The second-order valence-corrected chi connectivity index (χ2v) is 4.47. The molecule has 2 nitrogen and oxygen atoms in total. The fraction of sp³-hybridized carbons (Fsp3) is 1.00. The zero-order valence-corrected chi connectivity index (χ0v) is 9.01. The maximum Gasteiger partial charge on any atom is 0.0807 e. The van der Waals surface area contributed by atoms with E-state index in [2.05, 4.69) is 13.8 Å². The summed E-state index contributed by atoms with van der Waals surface area (Å²) in [5.74, 6) is 0. The van der Waals surface area contributed by atoms with Crippen LogP contribution in [0.5, 0.6) is 0 Å². The molecule has 13 heavy (non-hydrogen) atoms. The van der Waals surface area contributed by atoms with Gasteiger partial charge >= 0.3 is 0 Å². The van der Waals surface area contributed by atoms with Gasteiger partial charge in [0.1, 0.15) is 0 Å². The second kappa shape index (κ2) is 4.97. The Morgan fingerprint density at radius 2 is 1.69 bits per heavy atom. The van der Waals surface area contributed by atoms with Gasteiger partial charge in [-0.2, -0.15) is 0 Å². The lowest BCUT2D eigenvalue weighted by molar-refractivity contribution is -0.0828. The molecule has 0 atom stereocenters. The monoisotopic (exact) mass is 185 g/mol. The van der Waals surface area contributed by atoms with Crippen molar-refractivity contribution in [3.05, 3.63) is 0 Å². The van der Waals surface area contributed by atoms with Crippen LogP contribution in [-0.4, -0.2) is 18.2 Å². The Labute approximate surface area is 81.8 Å². The van der Waals surface area contributed by atoms with E-state index in [1.54, 1.807) is 0 Å². The number of rotatable bonds is 3. The number of hydrogen-bond donors (Lipinski definition) is 1. The molecule has 78 valence electrons. The summed E-state index contributed by atoms with van der Waals surface area (Å²) in [6.45, 7) is 4.88. The number of hydrogen-bond acceptors (Lipinski definition) is 2. The van der Waals surface area contributed by atoms with E-state index in [0.717, 1.165) is 12.8 Å². The molecule has 1 aliphatic carbocycles. The molecular formula is C11H23NO. The van der Waals surface area contributed by atoms with E-state index >= 15 is 0 Å². The zero-order chi connectivity index (χ0) is 9.73. The van der Waals surface area contributed by atoms with Crippen LogP contribution in [0.2, 0.25) is 0 Å². The molecule has 0 aromatic rings. The van der Waals surface area contributed by atoms with E-state index in [9.17, 15) is 0 Å². The fourth-order valence-corrected chi connectivity index (χ4v) is 2.24. The molecule has 1 rings (SSSR count). The van der Waals surface area contributed by atoms with Crippen molar-refractivity contribution in [1.82, 2.24) is 0 Å². The van der Waals surface area contributed by atoms with Crippen LogP contribution in [0, 0.1) is 0 Å². The molecule has 0 aromatic heterocycles. The van der Waals surface area contributed by atoms with Gasteiger partial charge in [-0.3, -0.25) is 0 Å². The van der Waals surface area contributed by atoms with Gasteiger partial charge < -0.3 is 10.5 Å². The van der Waals surface area contributed by atoms with Crippen molar-refractivity contribution in [3.8, 4) is 0 Å². The maximum absolute atomic E-state index is 5.98. The molecule has 0 heterocycles. The third-order valence-corrected chi connectivity index (χ3v) is 2.87. The lowest BCUT2D eigenvalue weighted by Gasteiger charge is -2.33. The van der Waals surface area contributed by atoms with Gasteiger partial charge in [-0.1, -0.05) is 25.7 Å². The largest absolute Gasteiger partial charge is 0.371 e. The summed E-state index contributed by atoms with van der Waals surface area (Å²) in [5, 5.41) is 0. The van der Waals surface area contributed by atoms with E-state index < -0.39 is 0 Å². The smallest absolute Gasteiger partial charge is 0.0807 e. The minimum absolute atomic E-state index is 0.00463. The van der Waals surface area contributed by atoms with E-state index in [1.165, 1.54) is 25.7 Å². The molecule has 2 N–H and O–H groups in total. The third-order valence-electron chi connectivity index (χ3n) is 2.87. The van der Waals surface area contributed by atoms with Gasteiger partial charge in [0, 0.05) is 6.54 Å². The van der Waals surface area contributed by atoms with Crippen LogP contribution in [0.25, 0.3) is 0 Å². The summed E-state index contributed by atoms with van der Waals surface area (Å²) in [4.78, 5) is 0. The van der Waals surface area contributed by atoms with Gasteiger partial charge in [0.15, 0.2) is 0 Å². The van der Waals surface area contributed by atoms with Crippen LogP contribution in [0.4, 0.5) is 0 Å². The topological polar surface area (TPSA) is 35.2 Å². The van der Waals surface area contributed by atoms with E-state index in [1.807, 2.05) is 0 Å².